The number of aryl methyl sites for hydroxylation is 1. The van der Waals surface area contributed by atoms with E-state index < -0.39 is 0 Å². The minimum Gasteiger partial charge on any atom is -0.0814 e. The standard InChI is InChI=1S/C12H16/c1-10(2)7-8-12-6-4-5-11(3)9-12/h4-10H,1-3H3. The third-order valence-electron chi connectivity index (χ3n) is 1.72. The number of hydrogen-bond donors (Lipinski definition) is 0. The summed E-state index contributed by atoms with van der Waals surface area (Å²) in [5.41, 5.74) is 2.62. The number of benzene rings is 1. The summed E-state index contributed by atoms with van der Waals surface area (Å²) in [6, 6.07) is 8.53. The van der Waals surface area contributed by atoms with Gasteiger partial charge < -0.3 is 0 Å². The molecule has 64 valence electrons. The molecule has 0 nitrogen and oxygen atoms in total. The fourth-order valence-corrected chi connectivity index (χ4v) is 1.08. The Morgan fingerprint density at radius 2 is 2.00 bits per heavy atom. The molecule has 0 amide bonds. The minimum atomic E-state index is 0.630. The van der Waals surface area contributed by atoms with Crippen molar-refractivity contribution in [1.29, 1.82) is 0 Å². The zero-order valence-electron chi connectivity index (χ0n) is 8.04. The van der Waals surface area contributed by atoms with Crippen LogP contribution in [-0.4, -0.2) is 0 Å². The third kappa shape index (κ3) is 2.91. The number of hydrogen-bond acceptors (Lipinski definition) is 0. The fourth-order valence-electron chi connectivity index (χ4n) is 1.08. The molecule has 0 saturated heterocycles. The summed E-state index contributed by atoms with van der Waals surface area (Å²) >= 11 is 0. The zero-order valence-corrected chi connectivity index (χ0v) is 8.04. The topological polar surface area (TPSA) is 0 Å². The summed E-state index contributed by atoms with van der Waals surface area (Å²) < 4.78 is 0. The second-order valence-electron chi connectivity index (χ2n) is 3.52. The highest BCUT2D eigenvalue weighted by atomic mass is 13.9. The lowest BCUT2D eigenvalue weighted by Gasteiger charge is -1.96. The van der Waals surface area contributed by atoms with Crippen LogP contribution in [0.25, 0.3) is 6.08 Å². The number of rotatable bonds is 2. The summed E-state index contributed by atoms with van der Waals surface area (Å²) in [5.74, 6) is 0.630. The molecule has 0 spiro atoms. The van der Waals surface area contributed by atoms with E-state index in [1.165, 1.54) is 11.1 Å². The third-order valence-corrected chi connectivity index (χ3v) is 1.72. The van der Waals surface area contributed by atoms with Gasteiger partial charge in [0, 0.05) is 0 Å². The van der Waals surface area contributed by atoms with Crippen molar-refractivity contribution < 1.29 is 0 Å². The lowest BCUT2D eigenvalue weighted by atomic mass is 10.1. The molecule has 0 bridgehead atoms. The smallest absolute Gasteiger partial charge is 0.0257 e. The van der Waals surface area contributed by atoms with E-state index in [1.54, 1.807) is 0 Å². The molecule has 0 radical (unpaired) electrons. The van der Waals surface area contributed by atoms with Crippen LogP contribution >= 0.6 is 0 Å². The molecule has 0 fully saturated rings. The van der Waals surface area contributed by atoms with E-state index in [2.05, 4.69) is 57.2 Å². The van der Waals surface area contributed by atoms with E-state index in [-0.39, 0.29) is 0 Å². The maximum Gasteiger partial charge on any atom is -0.0257 e. The highest BCUT2D eigenvalue weighted by Gasteiger charge is 1.88. The highest BCUT2D eigenvalue weighted by Crippen LogP contribution is 2.07. The number of allylic oxidation sites excluding steroid dienone is 1. The lowest BCUT2D eigenvalue weighted by Crippen LogP contribution is -1.78. The van der Waals surface area contributed by atoms with Crippen LogP contribution in [0.5, 0.6) is 0 Å². The molecule has 0 N–H and O–H groups in total. The van der Waals surface area contributed by atoms with Crippen LogP contribution in [0.2, 0.25) is 0 Å². The second-order valence-corrected chi connectivity index (χ2v) is 3.52. The van der Waals surface area contributed by atoms with Crippen molar-refractivity contribution in [3.8, 4) is 0 Å². The Hall–Kier alpha value is -1.04. The van der Waals surface area contributed by atoms with Gasteiger partial charge in [0.05, 0.1) is 0 Å². The summed E-state index contributed by atoms with van der Waals surface area (Å²) in [7, 11) is 0. The van der Waals surface area contributed by atoms with Gasteiger partial charge in [0.2, 0.25) is 0 Å². The van der Waals surface area contributed by atoms with Crippen LogP contribution in [-0.2, 0) is 0 Å². The zero-order chi connectivity index (χ0) is 8.97. The van der Waals surface area contributed by atoms with E-state index in [1.807, 2.05) is 0 Å². The van der Waals surface area contributed by atoms with E-state index >= 15 is 0 Å². The molecule has 0 aliphatic rings. The summed E-state index contributed by atoms with van der Waals surface area (Å²) in [5, 5.41) is 0. The molecule has 12 heavy (non-hydrogen) atoms. The normalized spacial score (nSPS) is 11.3. The molecule has 1 aromatic carbocycles. The maximum atomic E-state index is 2.22. The predicted molar refractivity (Wildman–Crippen MR) is 55.1 cm³/mol. The summed E-state index contributed by atoms with van der Waals surface area (Å²) in [4.78, 5) is 0. The van der Waals surface area contributed by atoms with Crippen LogP contribution in [0.1, 0.15) is 25.0 Å². The van der Waals surface area contributed by atoms with Crippen molar-refractivity contribution in [2.45, 2.75) is 20.8 Å². The van der Waals surface area contributed by atoms with E-state index in [0.717, 1.165) is 0 Å². The van der Waals surface area contributed by atoms with Gasteiger partial charge in [-0.25, -0.2) is 0 Å². The van der Waals surface area contributed by atoms with E-state index in [9.17, 15) is 0 Å². The molecule has 0 aliphatic carbocycles. The first kappa shape index (κ1) is 9.05. The Morgan fingerprint density at radius 1 is 1.25 bits per heavy atom. The Kier molecular flexibility index (Phi) is 3.09. The van der Waals surface area contributed by atoms with Gasteiger partial charge in [-0.3, -0.25) is 0 Å². The molecule has 0 aliphatic heterocycles. The van der Waals surface area contributed by atoms with Crippen molar-refractivity contribution in [1.82, 2.24) is 0 Å². The molecular formula is C12H16. The monoisotopic (exact) mass is 160 g/mol. The van der Waals surface area contributed by atoms with Crippen molar-refractivity contribution in [2.75, 3.05) is 0 Å². The maximum absolute atomic E-state index is 2.22. The molecule has 0 heteroatoms. The molecule has 0 saturated carbocycles. The van der Waals surface area contributed by atoms with Gasteiger partial charge in [0.25, 0.3) is 0 Å². The van der Waals surface area contributed by atoms with Crippen LogP contribution in [0, 0.1) is 12.8 Å². The summed E-state index contributed by atoms with van der Waals surface area (Å²) in [6.45, 7) is 6.49. The Balaban J connectivity index is 2.76. The first-order valence-corrected chi connectivity index (χ1v) is 4.43. The molecule has 0 heterocycles. The van der Waals surface area contributed by atoms with E-state index in [4.69, 9.17) is 0 Å². The van der Waals surface area contributed by atoms with Gasteiger partial charge in [-0.15, -0.1) is 0 Å². The van der Waals surface area contributed by atoms with Crippen LogP contribution in [0.4, 0.5) is 0 Å². The van der Waals surface area contributed by atoms with Gasteiger partial charge in [-0.1, -0.05) is 55.8 Å². The molecule has 1 rings (SSSR count). The Labute approximate surface area is 74.9 Å². The van der Waals surface area contributed by atoms with Crippen molar-refractivity contribution in [3.05, 3.63) is 41.5 Å². The molecule has 0 unspecified atom stereocenters. The largest absolute Gasteiger partial charge is 0.0814 e. The quantitative estimate of drug-likeness (QED) is 0.619. The summed E-state index contributed by atoms with van der Waals surface area (Å²) in [6.07, 6.45) is 4.40. The van der Waals surface area contributed by atoms with Crippen LogP contribution in [0.3, 0.4) is 0 Å². The predicted octanol–water partition coefficient (Wildman–Crippen LogP) is 3.66. The van der Waals surface area contributed by atoms with Gasteiger partial charge in [-0.2, -0.15) is 0 Å². The minimum absolute atomic E-state index is 0.630. The van der Waals surface area contributed by atoms with Gasteiger partial charge in [0.1, 0.15) is 0 Å². The highest BCUT2D eigenvalue weighted by molar-refractivity contribution is 5.50. The first-order valence-electron chi connectivity index (χ1n) is 4.43. The van der Waals surface area contributed by atoms with E-state index in [0.29, 0.717) is 5.92 Å². The first-order chi connectivity index (χ1) is 5.68. The molecule has 0 aromatic heterocycles. The Morgan fingerprint density at radius 3 is 2.58 bits per heavy atom. The van der Waals surface area contributed by atoms with Gasteiger partial charge >= 0.3 is 0 Å². The average molecular weight is 160 g/mol. The Bertz CT molecular complexity index is 269. The lowest BCUT2D eigenvalue weighted by molar-refractivity contribution is 0.836. The van der Waals surface area contributed by atoms with Crippen molar-refractivity contribution in [2.24, 2.45) is 5.92 Å². The molecule has 0 atom stereocenters. The van der Waals surface area contributed by atoms with Gasteiger partial charge in [0.15, 0.2) is 0 Å². The fraction of sp³-hybridized carbons (Fsp3) is 0.333. The SMILES string of the molecule is Cc1cccc(C=CC(C)C)c1. The van der Waals surface area contributed by atoms with Crippen LogP contribution < -0.4 is 0 Å². The molecule has 1 aromatic rings. The molecular weight excluding hydrogens is 144 g/mol. The van der Waals surface area contributed by atoms with Gasteiger partial charge in [-0.05, 0) is 18.4 Å². The van der Waals surface area contributed by atoms with Crippen LogP contribution in [0.15, 0.2) is 30.3 Å². The van der Waals surface area contributed by atoms with Crippen molar-refractivity contribution in [3.63, 3.8) is 0 Å². The average Bonchev–Trinajstić information content (AvgIpc) is 2.01. The van der Waals surface area contributed by atoms with Crippen molar-refractivity contribution >= 4 is 6.08 Å². The second kappa shape index (κ2) is 4.10.